The molecule has 0 atom stereocenters. The number of hydrogen-bond donors (Lipinski definition) is 3. The number of nitrogens with one attached hydrogen (secondary N) is 2. The van der Waals surface area contributed by atoms with E-state index >= 15 is 0 Å². The van der Waals surface area contributed by atoms with Crippen molar-refractivity contribution < 1.29 is 14.6 Å². The molecule has 0 bridgehead atoms. The van der Waals surface area contributed by atoms with Crippen molar-refractivity contribution in [3.05, 3.63) is 0 Å². The highest BCUT2D eigenvalue weighted by atomic mass is 16.5. The SMILES string of the molecule is CNC(=O)CNCCCOCCO. The number of aliphatic hydroxyl groups excluding tert-OH is 1. The molecule has 78 valence electrons. The highest BCUT2D eigenvalue weighted by Crippen LogP contribution is 1.79. The zero-order valence-corrected chi connectivity index (χ0v) is 8.01. The zero-order chi connectivity index (χ0) is 9.94. The van der Waals surface area contributed by atoms with Gasteiger partial charge in [0.05, 0.1) is 19.8 Å². The fraction of sp³-hybridized carbons (Fsp3) is 0.875. The zero-order valence-electron chi connectivity index (χ0n) is 8.01. The maximum Gasteiger partial charge on any atom is 0.233 e. The maximum atomic E-state index is 10.7. The number of likely N-dealkylation sites (N-methyl/N-ethyl adjacent to an activating group) is 1. The van der Waals surface area contributed by atoms with Crippen molar-refractivity contribution >= 4 is 5.91 Å². The minimum Gasteiger partial charge on any atom is -0.394 e. The molecule has 1 amide bonds. The first-order valence-electron chi connectivity index (χ1n) is 4.41. The lowest BCUT2D eigenvalue weighted by molar-refractivity contribution is -0.119. The third kappa shape index (κ3) is 9.26. The Morgan fingerprint density at radius 3 is 2.85 bits per heavy atom. The second-order valence-electron chi connectivity index (χ2n) is 2.54. The van der Waals surface area contributed by atoms with Gasteiger partial charge in [-0.2, -0.15) is 0 Å². The highest BCUT2D eigenvalue weighted by Gasteiger charge is 1.95. The molecule has 0 aromatic rings. The van der Waals surface area contributed by atoms with Gasteiger partial charge in [0.15, 0.2) is 0 Å². The van der Waals surface area contributed by atoms with E-state index < -0.39 is 0 Å². The van der Waals surface area contributed by atoms with Gasteiger partial charge in [-0.3, -0.25) is 4.79 Å². The van der Waals surface area contributed by atoms with E-state index in [1.165, 1.54) is 0 Å². The van der Waals surface area contributed by atoms with Crippen molar-refractivity contribution in [2.45, 2.75) is 6.42 Å². The van der Waals surface area contributed by atoms with Gasteiger partial charge in [-0.05, 0) is 13.0 Å². The molecular weight excluding hydrogens is 172 g/mol. The molecule has 5 nitrogen and oxygen atoms in total. The van der Waals surface area contributed by atoms with Crippen molar-refractivity contribution in [2.75, 3.05) is 40.0 Å². The van der Waals surface area contributed by atoms with E-state index in [2.05, 4.69) is 10.6 Å². The molecule has 13 heavy (non-hydrogen) atoms. The van der Waals surface area contributed by atoms with Crippen LogP contribution in [0.25, 0.3) is 0 Å². The molecule has 0 saturated carbocycles. The highest BCUT2D eigenvalue weighted by molar-refractivity contribution is 5.77. The van der Waals surface area contributed by atoms with Crippen LogP contribution < -0.4 is 10.6 Å². The van der Waals surface area contributed by atoms with Crippen LogP contribution in [0.2, 0.25) is 0 Å². The summed E-state index contributed by atoms with van der Waals surface area (Å²) in [4.78, 5) is 10.7. The van der Waals surface area contributed by atoms with Crippen LogP contribution in [0.4, 0.5) is 0 Å². The number of carbonyl (C=O) groups is 1. The molecule has 0 fully saturated rings. The van der Waals surface area contributed by atoms with E-state index in [-0.39, 0.29) is 12.5 Å². The Kier molecular flexibility index (Phi) is 8.97. The summed E-state index contributed by atoms with van der Waals surface area (Å²) in [5, 5.41) is 13.8. The Bertz CT molecular complexity index is 131. The Hall–Kier alpha value is -0.650. The molecule has 0 aromatic carbocycles. The van der Waals surface area contributed by atoms with Crippen LogP contribution in [0, 0.1) is 0 Å². The van der Waals surface area contributed by atoms with E-state index in [1.54, 1.807) is 7.05 Å². The van der Waals surface area contributed by atoms with Crippen molar-refractivity contribution in [3.8, 4) is 0 Å². The minimum absolute atomic E-state index is 0.0173. The molecule has 0 aromatic heterocycles. The quantitative estimate of drug-likeness (QED) is 0.417. The molecule has 0 saturated heterocycles. The fourth-order valence-corrected chi connectivity index (χ4v) is 0.756. The normalized spacial score (nSPS) is 10.0. The topological polar surface area (TPSA) is 70.6 Å². The summed E-state index contributed by atoms with van der Waals surface area (Å²) in [6, 6.07) is 0. The molecule has 0 aliphatic carbocycles. The summed E-state index contributed by atoms with van der Waals surface area (Å²) >= 11 is 0. The first kappa shape index (κ1) is 12.3. The predicted molar refractivity (Wildman–Crippen MR) is 49.5 cm³/mol. The van der Waals surface area contributed by atoms with Crippen LogP contribution in [0.15, 0.2) is 0 Å². The molecule has 0 aliphatic heterocycles. The maximum absolute atomic E-state index is 10.7. The summed E-state index contributed by atoms with van der Waals surface area (Å²) in [5.74, 6) is -0.0173. The summed E-state index contributed by atoms with van der Waals surface area (Å²) in [6.07, 6.45) is 0.844. The van der Waals surface area contributed by atoms with Crippen LogP contribution >= 0.6 is 0 Å². The minimum atomic E-state index is -0.0173. The molecule has 5 heteroatoms. The van der Waals surface area contributed by atoms with Crippen LogP contribution in [-0.4, -0.2) is 51.0 Å². The summed E-state index contributed by atoms with van der Waals surface area (Å²) in [6.45, 7) is 2.15. The van der Waals surface area contributed by atoms with Crippen molar-refractivity contribution in [1.29, 1.82) is 0 Å². The second-order valence-corrected chi connectivity index (χ2v) is 2.54. The van der Waals surface area contributed by atoms with Gasteiger partial charge in [0.25, 0.3) is 0 Å². The van der Waals surface area contributed by atoms with Crippen molar-refractivity contribution in [2.24, 2.45) is 0 Å². The van der Waals surface area contributed by atoms with Gasteiger partial charge in [-0.1, -0.05) is 0 Å². The first-order valence-corrected chi connectivity index (χ1v) is 4.41. The third-order valence-electron chi connectivity index (χ3n) is 1.44. The molecule has 0 aliphatic rings. The van der Waals surface area contributed by atoms with Crippen LogP contribution in [-0.2, 0) is 9.53 Å². The molecule has 0 unspecified atom stereocenters. The number of hydrogen-bond acceptors (Lipinski definition) is 4. The summed E-state index contributed by atoms with van der Waals surface area (Å²) < 4.78 is 5.03. The lowest BCUT2D eigenvalue weighted by Gasteiger charge is -2.03. The van der Waals surface area contributed by atoms with Crippen LogP contribution in [0.3, 0.4) is 0 Å². The summed E-state index contributed by atoms with van der Waals surface area (Å²) in [7, 11) is 1.61. The van der Waals surface area contributed by atoms with E-state index in [1.807, 2.05) is 0 Å². The lowest BCUT2D eigenvalue weighted by Crippen LogP contribution is -2.32. The average Bonchev–Trinajstić information content (AvgIpc) is 2.16. The second kappa shape index (κ2) is 9.44. The predicted octanol–water partition coefficient (Wildman–Crippen LogP) is -1.28. The molecule has 0 radical (unpaired) electrons. The first-order chi connectivity index (χ1) is 6.31. The van der Waals surface area contributed by atoms with E-state index in [9.17, 15) is 4.79 Å². The lowest BCUT2D eigenvalue weighted by atomic mass is 10.4. The van der Waals surface area contributed by atoms with Gasteiger partial charge in [0, 0.05) is 13.7 Å². The molecule has 0 rings (SSSR count). The van der Waals surface area contributed by atoms with Gasteiger partial charge in [0.2, 0.25) is 5.91 Å². The largest absolute Gasteiger partial charge is 0.394 e. The van der Waals surface area contributed by atoms with Gasteiger partial charge in [0.1, 0.15) is 0 Å². The molecular formula is C8H18N2O3. The number of ether oxygens (including phenoxy) is 1. The summed E-state index contributed by atoms with van der Waals surface area (Å²) in [5.41, 5.74) is 0. The van der Waals surface area contributed by atoms with Crippen LogP contribution in [0.1, 0.15) is 6.42 Å². The smallest absolute Gasteiger partial charge is 0.233 e. The molecule has 0 spiro atoms. The average molecular weight is 190 g/mol. The van der Waals surface area contributed by atoms with Gasteiger partial charge in [-0.25, -0.2) is 0 Å². The van der Waals surface area contributed by atoms with E-state index in [0.29, 0.717) is 19.8 Å². The number of carbonyl (C=O) groups excluding carboxylic acids is 1. The van der Waals surface area contributed by atoms with Crippen molar-refractivity contribution in [3.63, 3.8) is 0 Å². The number of amides is 1. The van der Waals surface area contributed by atoms with Gasteiger partial charge >= 0.3 is 0 Å². The number of rotatable bonds is 8. The Morgan fingerprint density at radius 2 is 2.23 bits per heavy atom. The van der Waals surface area contributed by atoms with E-state index in [4.69, 9.17) is 9.84 Å². The Labute approximate surface area is 78.5 Å². The monoisotopic (exact) mass is 190 g/mol. The molecule has 3 N–H and O–H groups in total. The fourth-order valence-electron chi connectivity index (χ4n) is 0.756. The Balaban J connectivity index is 2.95. The van der Waals surface area contributed by atoms with Gasteiger partial charge in [-0.15, -0.1) is 0 Å². The molecule has 0 heterocycles. The third-order valence-corrected chi connectivity index (χ3v) is 1.44. The standard InChI is InChI=1S/C8H18N2O3/c1-9-8(12)7-10-3-2-5-13-6-4-11/h10-11H,2-7H2,1H3,(H,9,12). The van der Waals surface area contributed by atoms with Crippen LogP contribution in [0.5, 0.6) is 0 Å². The van der Waals surface area contributed by atoms with Crippen molar-refractivity contribution in [1.82, 2.24) is 10.6 Å². The Morgan fingerprint density at radius 1 is 1.46 bits per heavy atom. The van der Waals surface area contributed by atoms with E-state index in [0.717, 1.165) is 13.0 Å². The van der Waals surface area contributed by atoms with Gasteiger partial charge < -0.3 is 20.5 Å². The number of aliphatic hydroxyl groups is 1.